The number of aromatic nitrogens is 1. The molecule has 30 heavy (non-hydrogen) atoms. The number of anilines is 1. The predicted octanol–water partition coefficient (Wildman–Crippen LogP) is 4.65. The van der Waals surface area contributed by atoms with Gasteiger partial charge in [0, 0.05) is 36.2 Å². The van der Waals surface area contributed by atoms with Gasteiger partial charge in [-0.3, -0.25) is 0 Å². The summed E-state index contributed by atoms with van der Waals surface area (Å²) >= 11 is 0. The Kier molecular flexibility index (Phi) is 5.58. The highest BCUT2D eigenvalue weighted by molar-refractivity contribution is 5.90. The van der Waals surface area contributed by atoms with Gasteiger partial charge >= 0.3 is 0 Å². The van der Waals surface area contributed by atoms with Crippen LogP contribution in [0.5, 0.6) is 11.5 Å². The molecule has 0 spiro atoms. The van der Waals surface area contributed by atoms with Gasteiger partial charge in [-0.05, 0) is 66.1 Å². The van der Waals surface area contributed by atoms with Crippen molar-refractivity contribution in [2.24, 2.45) is 0 Å². The second kappa shape index (κ2) is 7.89. The van der Waals surface area contributed by atoms with Crippen molar-refractivity contribution in [1.29, 1.82) is 0 Å². The number of nitrogens with one attached hydrogen (secondary N) is 1. The van der Waals surface area contributed by atoms with Crippen molar-refractivity contribution in [2.75, 3.05) is 45.7 Å². The second-order valence-corrected chi connectivity index (χ2v) is 9.35. The van der Waals surface area contributed by atoms with Crippen molar-refractivity contribution in [3.63, 3.8) is 0 Å². The number of benzene rings is 1. The Bertz CT molecular complexity index is 933. The van der Waals surface area contributed by atoms with Gasteiger partial charge < -0.3 is 24.4 Å². The fourth-order valence-electron chi connectivity index (χ4n) is 5.15. The Labute approximate surface area is 179 Å². The van der Waals surface area contributed by atoms with E-state index in [4.69, 9.17) is 19.2 Å². The van der Waals surface area contributed by atoms with E-state index in [1.54, 1.807) is 7.11 Å². The van der Waals surface area contributed by atoms with Crippen molar-refractivity contribution < 1.29 is 14.2 Å². The van der Waals surface area contributed by atoms with E-state index in [1.807, 2.05) is 13.1 Å². The zero-order valence-electron chi connectivity index (χ0n) is 19.2. The average molecular weight is 414 g/mol. The van der Waals surface area contributed by atoms with Crippen molar-refractivity contribution >= 4 is 16.7 Å². The van der Waals surface area contributed by atoms with Crippen molar-refractivity contribution in [3.8, 4) is 11.5 Å². The molecular weight excluding hydrogens is 378 g/mol. The van der Waals surface area contributed by atoms with Crippen LogP contribution in [0, 0.1) is 0 Å². The smallest absolute Gasteiger partial charge is 0.163 e. The largest absolute Gasteiger partial charge is 0.493 e. The molecule has 2 aromatic rings. The SMILES string of the molecule is CNc1nc2cc(OCCCN3CCCC3)c(OC)cc2c2c1C(C)(C)OC2(C)C. The van der Waals surface area contributed by atoms with Gasteiger partial charge in [0.05, 0.1) is 30.4 Å². The first-order valence-electron chi connectivity index (χ1n) is 11.1. The van der Waals surface area contributed by atoms with E-state index in [0.717, 1.165) is 46.7 Å². The molecule has 0 amide bonds. The first-order chi connectivity index (χ1) is 14.3. The summed E-state index contributed by atoms with van der Waals surface area (Å²) in [7, 11) is 3.61. The molecule has 164 valence electrons. The molecule has 1 saturated heterocycles. The standard InChI is InChI=1S/C24H35N3O3/c1-23(2)20-16-14-18(28-6)19(29-13-9-12-27-10-7-8-11-27)15-17(16)26-22(25-5)21(20)24(3,4)30-23/h14-15H,7-13H2,1-6H3,(H,25,26). The summed E-state index contributed by atoms with van der Waals surface area (Å²) in [6.45, 7) is 12.6. The number of pyridine rings is 1. The van der Waals surface area contributed by atoms with Crippen LogP contribution >= 0.6 is 0 Å². The molecule has 1 fully saturated rings. The van der Waals surface area contributed by atoms with E-state index >= 15 is 0 Å². The summed E-state index contributed by atoms with van der Waals surface area (Å²) in [5.74, 6) is 2.35. The van der Waals surface area contributed by atoms with E-state index in [9.17, 15) is 0 Å². The van der Waals surface area contributed by atoms with Gasteiger partial charge in [-0.2, -0.15) is 0 Å². The van der Waals surface area contributed by atoms with Crippen LogP contribution in [0.25, 0.3) is 10.9 Å². The van der Waals surface area contributed by atoms with Gasteiger partial charge in [0.15, 0.2) is 11.5 Å². The molecule has 0 atom stereocenters. The van der Waals surface area contributed by atoms with E-state index < -0.39 is 11.2 Å². The van der Waals surface area contributed by atoms with E-state index in [1.165, 1.54) is 31.5 Å². The monoisotopic (exact) mass is 413 g/mol. The number of fused-ring (bicyclic) bond motifs is 3. The minimum absolute atomic E-state index is 0.420. The van der Waals surface area contributed by atoms with Crippen molar-refractivity contribution in [3.05, 3.63) is 23.3 Å². The third kappa shape index (κ3) is 3.71. The molecule has 0 saturated carbocycles. The lowest BCUT2D eigenvalue weighted by atomic mass is 9.88. The summed E-state index contributed by atoms with van der Waals surface area (Å²) in [6, 6.07) is 4.06. The number of hydrogen-bond acceptors (Lipinski definition) is 6. The molecule has 1 aromatic carbocycles. The predicted molar refractivity (Wildman–Crippen MR) is 121 cm³/mol. The Morgan fingerprint density at radius 3 is 2.43 bits per heavy atom. The fraction of sp³-hybridized carbons (Fsp3) is 0.625. The van der Waals surface area contributed by atoms with E-state index in [-0.39, 0.29) is 0 Å². The molecule has 3 heterocycles. The first-order valence-corrected chi connectivity index (χ1v) is 11.1. The number of hydrogen-bond donors (Lipinski definition) is 1. The van der Waals surface area contributed by atoms with Crippen LogP contribution in [0.3, 0.4) is 0 Å². The van der Waals surface area contributed by atoms with Gasteiger partial charge in [0.25, 0.3) is 0 Å². The second-order valence-electron chi connectivity index (χ2n) is 9.35. The lowest BCUT2D eigenvalue weighted by Gasteiger charge is -2.25. The summed E-state index contributed by atoms with van der Waals surface area (Å²) < 4.78 is 18.3. The molecule has 1 aromatic heterocycles. The third-order valence-corrected chi connectivity index (χ3v) is 6.30. The maximum atomic E-state index is 6.43. The minimum atomic E-state index is -0.422. The summed E-state index contributed by atoms with van der Waals surface area (Å²) in [5.41, 5.74) is 2.33. The summed E-state index contributed by atoms with van der Waals surface area (Å²) in [6.07, 6.45) is 3.65. The Morgan fingerprint density at radius 1 is 1.07 bits per heavy atom. The first kappa shape index (κ1) is 21.2. The Morgan fingerprint density at radius 2 is 1.77 bits per heavy atom. The Hall–Kier alpha value is -2.05. The molecular formula is C24H35N3O3. The minimum Gasteiger partial charge on any atom is -0.493 e. The highest BCUT2D eigenvalue weighted by Crippen LogP contribution is 2.52. The van der Waals surface area contributed by atoms with Crippen LogP contribution in [-0.4, -0.2) is 50.3 Å². The molecule has 6 nitrogen and oxygen atoms in total. The molecule has 0 bridgehead atoms. The van der Waals surface area contributed by atoms with Gasteiger partial charge in [0.1, 0.15) is 5.82 Å². The maximum Gasteiger partial charge on any atom is 0.163 e. The van der Waals surface area contributed by atoms with Crippen molar-refractivity contribution in [1.82, 2.24) is 9.88 Å². The molecule has 0 aliphatic carbocycles. The van der Waals surface area contributed by atoms with E-state index in [2.05, 4.69) is 44.0 Å². The highest BCUT2D eigenvalue weighted by atomic mass is 16.5. The molecule has 0 radical (unpaired) electrons. The third-order valence-electron chi connectivity index (χ3n) is 6.30. The topological polar surface area (TPSA) is 55.9 Å². The van der Waals surface area contributed by atoms with Gasteiger partial charge in [-0.15, -0.1) is 0 Å². The lowest BCUT2D eigenvalue weighted by Crippen LogP contribution is -2.22. The molecule has 6 heteroatoms. The van der Waals surface area contributed by atoms with Gasteiger partial charge in [-0.1, -0.05) is 0 Å². The molecule has 0 unspecified atom stereocenters. The highest BCUT2D eigenvalue weighted by Gasteiger charge is 2.46. The van der Waals surface area contributed by atoms with Gasteiger partial charge in [0.2, 0.25) is 0 Å². The summed E-state index contributed by atoms with van der Waals surface area (Å²) in [4.78, 5) is 7.43. The Balaban J connectivity index is 1.68. The fourth-order valence-corrected chi connectivity index (χ4v) is 5.15. The normalized spacial score (nSPS) is 19.8. The number of rotatable bonds is 7. The number of ether oxygens (including phenoxy) is 3. The maximum absolute atomic E-state index is 6.43. The zero-order valence-corrected chi connectivity index (χ0v) is 19.2. The van der Waals surface area contributed by atoms with Crippen LogP contribution in [-0.2, 0) is 15.9 Å². The van der Waals surface area contributed by atoms with Crippen LogP contribution in [0.2, 0.25) is 0 Å². The van der Waals surface area contributed by atoms with Crippen LogP contribution in [0.1, 0.15) is 58.1 Å². The lowest BCUT2D eigenvalue weighted by molar-refractivity contribution is -0.104. The van der Waals surface area contributed by atoms with E-state index in [0.29, 0.717) is 6.61 Å². The van der Waals surface area contributed by atoms with Crippen LogP contribution in [0.4, 0.5) is 5.82 Å². The van der Waals surface area contributed by atoms with Gasteiger partial charge in [-0.25, -0.2) is 4.98 Å². The van der Waals surface area contributed by atoms with Crippen molar-refractivity contribution in [2.45, 2.75) is 58.2 Å². The molecule has 2 aliphatic rings. The van der Waals surface area contributed by atoms with Crippen LogP contribution in [0.15, 0.2) is 12.1 Å². The molecule has 1 N–H and O–H groups in total. The number of nitrogens with zero attached hydrogens (tertiary/aromatic N) is 2. The average Bonchev–Trinajstić information content (AvgIpc) is 3.27. The quantitative estimate of drug-likeness (QED) is 0.667. The number of likely N-dealkylation sites (tertiary alicyclic amines) is 1. The molecule has 2 aliphatic heterocycles. The zero-order chi connectivity index (χ0) is 21.5. The van der Waals surface area contributed by atoms with Crippen LogP contribution < -0.4 is 14.8 Å². The molecule has 4 rings (SSSR count). The summed E-state index contributed by atoms with van der Waals surface area (Å²) in [5, 5.41) is 4.33. The number of methoxy groups -OCH3 is 1.